The molecule has 3 aliphatic rings. The van der Waals surface area contributed by atoms with Crippen LogP contribution in [0.25, 0.3) is 0 Å². The van der Waals surface area contributed by atoms with Gasteiger partial charge in [-0.1, -0.05) is 11.8 Å². The summed E-state index contributed by atoms with van der Waals surface area (Å²) in [6.45, 7) is 3.15. The number of carbonyl (C=O) groups is 1. The van der Waals surface area contributed by atoms with Crippen LogP contribution in [0.2, 0.25) is 0 Å². The topological polar surface area (TPSA) is 64.4 Å². The van der Waals surface area contributed by atoms with Gasteiger partial charge in [0.05, 0.1) is 18.4 Å². The number of fused-ring (bicyclic) bond motifs is 1. The van der Waals surface area contributed by atoms with Crippen molar-refractivity contribution >= 4 is 17.7 Å². The van der Waals surface area contributed by atoms with Crippen molar-refractivity contribution in [3.8, 4) is 0 Å². The molecule has 0 aromatic carbocycles. The fourth-order valence-corrected chi connectivity index (χ4v) is 5.39. The molecule has 0 spiro atoms. The third kappa shape index (κ3) is 4.40. The molecule has 1 amide bonds. The lowest BCUT2D eigenvalue weighted by molar-refractivity contribution is -0.129. The van der Waals surface area contributed by atoms with Crippen LogP contribution in [0.4, 0.5) is 0 Å². The second-order valence-electron chi connectivity index (χ2n) is 7.81. The molecule has 6 nitrogen and oxygen atoms in total. The van der Waals surface area contributed by atoms with Gasteiger partial charge in [0.2, 0.25) is 5.91 Å². The number of hydrogen-bond acceptors (Lipinski definition) is 5. The molecule has 0 bridgehead atoms. The first-order valence-electron chi connectivity index (χ1n) is 10.4. The number of aromatic nitrogens is 2. The van der Waals surface area contributed by atoms with Crippen LogP contribution < -0.4 is 5.69 Å². The van der Waals surface area contributed by atoms with Crippen molar-refractivity contribution in [1.29, 1.82) is 0 Å². The van der Waals surface area contributed by atoms with Crippen molar-refractivity contribution in [3.05, 3.63) is 21.7 Å². The largest absolute Gasteiger partial charge is 0.376 e. The Morgan fingerprint density at radius 2 is 1.93 bits per heavy atom. The molecular weight excluding hydrogens is 362 g/mol. The fraction of sp³-hybridized carbons (Fsp3) is 0.750. The van der Waals surface area contributed by atoms with E-state index in [9.17, 15) is 9.59 Å². The summed E-state index contributed by atoms with van der Waals surface area (Å²) in [4.78, 5) is 31.6. The number of carbonyl (C=O) groups excluding carboxylic acids is 1. The molecule has 1 aromatic rings. The van der Waals surface area contributed by atoms with Crippen LogP contribution in [-0.2, 0) is 28.9 Å². The summed E-state index contributed by atoms with van der Waals surface area (Å²) in [7, 11) is 0. The average molecular weight is 392 g/mol. The highest BCUT2D eigenvalue weighted by Gasteiger charge is 2.25. The Labute approximate surface area is 164 Å². The number of thioether (sulfide) groups is 1. The molecule has 2 saturated heterocycles. The van der Waals surface area contributed by atoms with E-state index >= 15 is 0 Å². The minimum Gasteiger partial charge on any atom is -0.376 e. The maximum Gasteiger partial charge on any atom is 0.348 e. The van der Waals surface area contributed by atoms with E-state index in [2.05, 4.69) is 4.98 Å². The summed E-state index contributed by atoms with van der Waals surface area (Å²) in [5, 5.41) is 0.781. The first kappa shape index (κ1) is 19.0. The molecule has 3 heterocycles. The number of ether oxygens (including phenoxy) is 1. The Hall–Kier alpha value is -1.34. The van der Waals surface area contributed by atoms with Crippen LogP contribution in [0.15, 0.2) is 9.82 Å². The van der Waals surface area contributed by atoms with Gasteiger partial charge in [-0.25, -0.2) is 4.79 Å². The van der Waals surface area contributed by atoms with E-state index in [1.807, 2.05) is 9.47 Å². The maximum atomic E-state index is 12.7. The molecule has 1 aromatic heterocycles. The lowest BCUT2D eigenvalue weighted by atomic mass is 9.97. The number of hydrogen-bond donors (Lipinski definition) is 0. The number of nitrogens with zero attached hydrogens (tertiary/aromatic N) is 3. The smallest absolute Gasteiger partial charge is 0.348 e. The molecule has 148 valence electrons. The molecule has 0 radical (unpaired) electrons. The summed E-state index contributed by atoms with van der Waals surface area (Å²) in [5.41, 5.74) is 2.14. The summed E-state index contributed by atoms with van der Waals surface area (Å²) in [6.07, 6.45) is 9.75. The van der Waals surface area contributed by atoms with Gasteiger partial charge in [-0.05, 0) is 57.8 Å². The van der Waals surface area contributed by atoms with Gasteiger partial charge in [0, 0.05) is 31.0 Å². The monoisotopic (exact) mass is 391 g/mol. The van der Waals surface area contributed by atoms with Gasteiger partial charge < -0.3 is 9.64 Å². The molecule has 1 unspecified atom stereocenters. The summed E-state index contributed by atoms with van der Waals surface area (Å²) >= 11 is 1.46. The third-order valence-corrected chi connectivity index (χ3v) is 6.90. The Kier molecular flexibility index (Phi) is 6.18. The minimum atomic E-state index is -0.181. The zero-order valence-corrected chi connectivity index (χ0v) is 16.8. The molecule has 4 rings (SSSR count). The molecule has 0 saturated carbocycles. The Balaban J connectivity index is 1.51. The Morgan fingerprint density at radius 3 is 2.70 bits per heavy atom. The molecule has 7 heteroatoms. The molecule has 1 aliphatic carbocycles. The van der Waals surface area contributed by atoms with Crippen molar-refractivity contribution in [1.82, 2.24) is 14.5 Å². The molecular formula is C20H29N3O3S. The van der Waals surface area contributed by atoms with Gasteiger partial charge in [0.15, 0.2) is 0 Å². The number of amides is 1. The zero-order chi connectivity index (χ0) is 18.6. The van der Waals surface area contributed by atoms with Gasteiger partial charge in [-0.2, -0.15) is 4.98 Å². The molecule has 27 heavy (non-hydrogen) atoms. The van der Waals surface area contributed by atoms with Gasteiger partial charge >= 0.3 is 5.69 Å². The van der Waals surface area contributed by atoms with E-state index < -0.39 is 0 Å². The second kappa shape index (κ2) is 8.78. The Bertz CT molecular complexity index is 737. The fourth-order valence-electron chi connectivity index (χ4n) is 4.41. The van der Waals surface area contributed by atoms with Crippen molar-refractivity contribution in [2.75, 3.05) is 25.4 Å². The van der Waals surface area contributed by atoms with E-state index in [1.54, 1.807) is 0 Å². The van der Waals surface area contributed by atoms with Crippen LogP contribution in [-0.4, -0.2) is 51.9 Å². The van der Waals surface area contributed by atoms with Crippen molar-refractivity contribution in [3.63, 3.8) is 0 Å². The van der Waals surface area contributed by atoms with Crippen LogP contribution in [0.1, 0.15) is 56.2 Å². The minimum absolute atomic E-state index is 0.134. The van der Waals surface area contributed by atoms with Crippen LogP contribution in [0.5, 0.6) is 0 Å². The van der Waals surface area contributed by atoms with E-state index in [0.29, 0.717) is 12.3 Å². The summed E-state index contributed by atoms with van der Waals surface area (Å²) in [6, 6.07) is 0. The predicted molar refractivity (Wildman–Crippen MR) is 105 cm³/mol. The highest BCUT2D eigenvalue weighted by Crippen LogP contribution is 2.29. The van der Waals surface area contributed by atoms with Crippen LogP contribution in [0.3, 0.4) is 0 Å². The summed E-state index contributed by atoms with van der Waals surface area (Å²) in [5.74, 6) is 0.559. The quantitative estimate of drug-likeness (QED) is 0.570. The lowest BCUT2D eigenvalue weighted by Gasteiger charge is -2.27. The normalized spacial score (nSPS) is 22.7. The maximum absolute atomic E-state index is 12.7. The summed E-state index contributed by atoms with van der Waals surface area (Å²) < 4.78 is 7.58. The van der Waals surface area contributed by atoms with Crippen molar-refractivity contribution in [2.24, 2.45) is 0 Å². The highest BCUT2D eigenvalue weighted by molar-refractivity contribution is 7.99. The number of piperidine rings is 1. The van der Waals surface area contributed by atoms with Crippen molar-refractivity contribution < 1.29 is 9.53 Å². The van der Waals surface area contributed by atoms with Crippen LogP contribution in [0, 0.1) is 0 Å². The highest BCUT2D eigenvalue weighted by atomic mass is 32.2. The lowest BCUT2D eigenvalue weighted by Crippen LogP contribution is -2.37. The van der Waals surface area contributed by atoms with E-state index in [1.165, 1.54) is 23.7 Å². The molecule has 2 fully saturated rings. The number of rotatable bonds is 5. The SMILES string of the molecule is O=C(CSc1nc(=O)n(CC2CCCO2)c2c1CCCC2)N1CCCCC1. The van der Waals surface area contributed by atoms with E-state index in [-0.39, 0.29) is 17.7 Å². The van der Waals surface area contributed by atoms with Crippen LogP contribution >= 0.6 is 11.8 Å². The molecule has 0 N–H and O–H groups in total. The van der Waals surface area contributed by atoms with Gasteiger partial charge in [0.1, 0.15) is 5.03 Å². The van der Waals surface area contributed by atoms with Gasteiger partial charge in [-0.15, -0.1) is 0 Å². The third-order valence-electron chi connectivity index (χ3n) is 5.90. The molecule has 2 aliphatic heterocycles. The average Bonchev–Trinajstić information content (AvgIpc) is 3.22. The van der Waals surface area contributed by atoms with E-state index in [0.717, 1.165) is 81.8 Å². The van der Waals surface area contributed by atoms with E-state index in [4.69, 9.17) is 4.74 Å². The number of likely N-dealkylation sites (tertiary alicyclic amines) is 1. The van der Waals surface area contributed by atoms with Gasteiger partial charge in [-0.3, -0.25) is 9.36 Å². The Morgan fingerprint density at radius 1 is 1.11 bits per heavy atom. The molecule has 1 atom stereocenters. The standard InChI is InChI=1S/C20H29N3O3S/c24-18(22-10-4-1-5-11-22)14-27-19-16-8-2-3-9-17(16)23(20(25)21-19)13-15-7-6-12-26-15/h15H,1-14H2. The predicted octanol–water partition coefficient (Wildman–Crippen LogP) is 2.41. The zero-order valence-electron chi connectivity index (χ0n) is 16.0. The first-order valence-corrected chi connectivity index (χ1v) is 11.4. The van der Waals surface area contributed by atoms with Crippen molar-refractivity contribution in [2.45, 2.75) is 75.5 Å². The second-order valence-corrected chi connectivity index (χ2v) is 8.77. The first-order chi connectivity index (χ1) is 13.2. The van der Waals surface area contributed by atoms with Gasteiger partial charge in [0.25, 0.3) is 0 Å².